The lowest BCUT2D eigenvalue weighted by molar-refractivity contribution is -0.116. The molecule has 0 aliphatic rings. The maximum atomic E-state index is 10.5. The van der Waals surface area contributed by atoms with Crippen molar-refractivity contribution >= 4 is 5.78 Å². The molecule has 0 heterocycles. The summed E-state index contributed by atoms with van der Waals surface area (Å²) in [7, 11) is 1.97. The molecule has 0 rings (SSSR count). The van der Waals surface area contributed by atoms with Crippen LogP contribution in [0.4, 0.5) is 0 Å². The predicted octanol–water partition coefficient (Wildman–Crippen LogP) is 0.555. The Morgan fingerprint density at radius 3 is 2.42 bits per heavy atom. The zero-order chi connectivity index (χ0) is 9.23. The third kappa shape index (κ3) is 9.59. The first-order chi connectivity index (χ1) is 5.77. The fourth-order valence-electron chi connectivity index (χ4n) is 0.993. The minimum Gasteiger partial charge on any atom is -0.320 e. The van der Waals surface area contributed by atoms with Gasteiger partial charge >= 0.3 is 0 Å². The van der Waals surface area contributed by atoms with Gasteiger partial charge in [0.05, 0.1) is 6.54 Å². The lowest BCUT2D eigenvalue weighted by atomic mass is 10.2. The molecule has 0 bridgehead atoms. The van der Waals surface area contributed by atoms with Crippen molar-refractivity contribution in [2.24, 2.45) is 0 Å². The average molecular weight is 172 g/mol. The van der Waals surface area contributed by atoms with Crippen LogP contribution in [0.1, 0.15) is 26.2 Å². The molecule has 0 spiro atoms. The molecule has 3 nitrogen and oxygen atoms in total. The molecule has 0 aromatic rings. The molecule has 0 radical (unpaired) electrons. The van der Waals surface area contributed by atoms with Gasteiger partial charge in [0.25, 0.3) is 0 Å². The Morgan fingerprint density at radius 1 is 1.17 bits per heavy atom. The Morgan fingerprint density at radius 2 is 1.83 bits per heavy atom. The molecule has 0 amide bonds. The van der Waals surface area contributed by atoms with Crippen molar-refractivity contribution in [1.82, 2.24) is 10.6 Å². The van der Waals surface area contributed by atoms with E-state index < -0.39 is 0 Å². The maximum Gasteiger partial charge on any atom is 0.143 e. The molecular weight excluding hydrogens is 152 g/mol. The van der Waals surface area contributed by atoms with Crippen LogP contribution in [0.3, 0.4) is 0 Å². The van der Waals surface area contributed by atoms with Crippen LogP contribution in [0, 0.1) is 0 Å². The molecule has 0 unspecified atom stereocenters. The van der Waals surface area contributed by atoms with Crippen molar-refractivity contribution in [2.45, 2.75) is 26.2 Å². The number of Topliss-reactive ketones (excluding diaryl/α,β-unsaturated/α-hetero) is 1. The Bertz CT molecular complexity index is 115. The van der Waals surface area contributed by atoms with Crippen LogP contribution in [-0.4, -0.2) is 32.5 Å². The zero-order valence-electron chi connectivity index (χ0n) is 8.15. The van der Waals surface area contributed by atoms with E-state index in [1.54, 1.807) is 6.92 Å². The normalized spacial score (nSPS) is 10.2. The second kappa shape index (κ2) is 8.68. The average Bonchev–Trinajstić information content (AvgIpc) is 2.02. The summed E-state index contributed by atoms with van der Waals surface area (Å²) in [6.45, 7) is 4.18. The number of unbranched alkanes of at least 4 members (excludes halogenated alkanes) is 2. The van der Waals surface area contributed by atoms with Crippen LogP contribution < -0.4 is 10.6 Å². The van der Waals surface area contributed by atoms with Gasteiger partial charge in [-0.25, -0.2) is 0 Å². The highest BCUT2D eigenvalue weighted by molar-refractivity contribution is 5.77. The molecule has 0 atom stereocenters. The largest absolute Gasteiger partial charge is 0.320 e. The Hall–Kier alpha value is -0.410. The number of carbonyl (C=O) groups is 1. The van der Waals surface area contributed by atoms with Crippen molar-refractivity contribution < 1.29 is 4.79 Å². The van der Waals surface area contributed by atoms with E-state index in [2.05, 4.69) is 10.6 Å². The van der Waals surface area contributed by atoms with Gasteiger partial charge < -0.3 is 10.6 Å². The highest BCUT2D eigenvalue weighted by Gasteiger charge is 1.91. The van der Waals surface area contributed by atoms with Gasteiger partial charge in [0.1, 0.15) is 5.78 Å². The lowest BCUT2D eigenvalue weighted by Crippen LogP contribution is -2.22. The standard InChI is InChI=1S/C9H20N2O/c1-9(12)8-11-7-5-3-4-6-10-2/h10-11H,3-8H2,1-2H3. The smallest absolute Gasteiger partial charge is 0.143 e. The molecule has 0 aliphatic carbocycles. The first-order valence-corrected chi connectivity index (χ1v) is 4.62. The monoisotopic (exact) mass is 172 g/mol. The van der Waals surface area contributed by atoms with Crippen molar-refractivity contribution in [2.75, 3.05) is 26.7 Å². The molecule has 0 aromatic carbocycles. The molecule has 0 saturated carbocycles. The highest BCUT2D eigenvalue weighted by Crippen LogP contribution is 1.91. The van der Waals surface area contributed by atoms with Crippen LogP contribution in [0.5, 0.6) is 0 Å². The quantitative estimate of drug-likeness (QED) is 0.525. The van der Waals surface area contributed by atoms with E-state index >= 15 is 0 Å². The predicted molar refractivity (Wildman–Crippen MR) is 51.3 cm³/mol. The van der Waals surface area contributed by atoms with Gasteiger partial charge in [0, 0.05) is 0 Å². The topological polar surface area (TPSA) is 41.1 Å². The lowest BCUT2D eigenvalue weighted by Gasteiger charge is -2.01. The second-order valence-electron chi connectivity index (χ2n) is 3.04. The molecular formula is C9H20N2O. The highest BCUT2D eigenvalue weighted by atomic mass is 16.1. The summed E-state index contributed by atoms with van der Waals surface area (Å²) >= 11 is 0. The third-order valence-electron chi connectivity index (χ3n) is 1.65. The molecule has 0 aliphatic heterocycles. The molecule has 3 heteroatoms. The molecule has 0 saturated heterocycles. The number of nitrogens with one attached hydrogen (secondary N) is 2. The molecule has 0 fully saturated rings. The minimum absolute atomic E-state index is 0.213. The van der Waals surface area contributed by atoms with Crippen LogP contribution in [0.2, 0.25) is 0 Å². The Balaban J connectivity index is 2.86. The zero-order valence-corrected chi connectivity index (χ0v) is 8.15. The van der Waals surface area contributed by atoms with E-state index in [0.717, 1.165) is 19.5 Å². The fourth-order valence-corrected chi connectivity index (χ4v) is 0.993. The number of rotatable bonds is 8. The van der Waals surface area contributed by atoms with E-state index in [-0.39, 0.29) is 5.78 Å². The van der Waals surface area contributed by atoms with Gasteiger partial charge in [-0.15, -0.1) is 0 Å². The molecule has 12 heavy (non-hydrogen) atoms. The second-order valence-corrected chi connectivity index (χ2v) is 3.04. The van der Waals surface area contributed by atoms with Crippen molar-refractivity contribution in [1.29, 1.82) is 0 Å². The van der Waals surface area contributed by atoms with Crippen LogP contribution in [-0.2, 0) is 4.79 Å². The molecule has 0 aromatic heterocycles. The van der Waals surface area contributed by atoms with Crippen molar-refractivity contribution in [3.63, 3.8) is 0 Å². The van der Waals surface area contributed by atoms with E-state index in [0.29, 0.717) is 6.54 Å². The molecule has 2 N–H and O–H groups in total. The summed E-state index contributed by atoms with van der Waals surface area (Å²) in [4.78, 5) is 10.5. The summed E-state index contributed by atoms with van der Waals surface area (Å²) in [6, 6.07) is 0. The Labute approximate surface area is 74.9 Å². The third-order valence-corrected chi connectivity index (χ3v) is 1.65. The van der Waals surface area contributed by atoms with Crippen LogP contribution in [0.25, 0.3) is 0 Å². The summed E-state index contributed by atoms with van der Waals surface area (Å²) in [5.41, 5.74) is 0. The maximum absolute atomic E-state index is 10.5. The number of carbonyl (C=O) groups excluding carboxylic acids is 1. The van der Waals surface area contributed by atoms with Gasteiger partial charge in [0.15, 0.2) is 0 Å². The first-order valence-electron chi connectivity index (χ1n) is 4.62. The molecule has 72 valence electrons. The summed E-state index contributed by atoms with van der Waals surface area (Å²) in [5, 5.41) is 6.19. The van der Waals surface area contributed by atoms with Gasteiger partial charge in [0.2, 0.25) is 0 Å². The first kappa shape index (κ1) is 11.6. The minimum atomic E-state index is 0.213. The number of hydrogen-bond acceptors (Lipinski definition) is 3. The van der Waals surface area contributed by atoms with Crippen molar-refractivity contribution in [3.05, 3.63) is 0 Å². The fraction of sp³-hybridized carbons (Fsp3) is 0.889. The summed E-state index contributed by atoms with van der Waals surface area (Å²) in [6.07, 6.45) is 3.61. The van der Waals surface area contributed by atoms with Gasteiger partial charge in [-0.05, 0) is 39.9 Å². The summed E-state index contributed by atoms with van der Waals surface area (Å²) in [5.74, 6) is 0.213. The van der Waals surface area contributed by atoms with Gasteiger partial charge in [-0.2, -0.15) is 0 Å². The van der Waals surface area contributed by atoms with E-state index in [1.807, 2.05) is 7.05 Å². The number of hydrogen-bond donors (Lipinski definition) is 2. The van der Waals surface area contributed by atoms with E-state index in [1.165, 1.54) is 12.8 Å². The summed E-state index contributed by atoms with van der Waals surface area (Å²) < 4.78 is 0. The number of ketones is 1. The van der Waals surface area contributed by atoms with Gasteiger partial charge in [-0.3, -0.25) is 4.79 Å². The van der Waals surface area contributed by atoms with Crippen LogP contribution >= 0.6 is 0 Å². The van der Waals surface area contributed by atoms with E-state index in [9.17, 15) is 4.79 Å². The van der Waals surface area contributed by atoms with Gasteiger partial charge in [-0.1, -0.05) is 6.42 Å². The SMILES string of the molecule is CNCCCCCNCC(C)=O. The van der Waals surface area contributed by atoms with Crippen LogP contribution in [0.15, 0.2) is 0 Å². The van der Waals surface area contributed by atoms with Crippen molar-refractivity contribution in [3.8, 4) is 0 Å². The van der Waals surface area contributed by atoms with E-state index in [4.69, 9.17) is 0 Å². The Kier molecular flexibility index (Phi) is 8.39.